The summed E-state index contributed by atoms with van der Waals surface area (Å²) in [5.41, 5.74) is 2.61. The molecule has 0 aliphatic rings. The second-order valence-corrected chi connectivity index (χ2v) is 8.86. The fraction of sp³-hybridized carbons (Fsp3) is 0.125. The lowest BCUT2D eigenvalue weighted by Crippen LogP contribution is -1.79. The van der Waals surface area contributed by atoms with E-state index in [2.05, 4.69) is 74.7 Å². The number of nitrogens with zero attached hydrogens (tertiary/aromatic N) is 2. The molecule has 3 rings (SSSR count). The second-order valence-electron chi connectivity index (χ2n) is 4.52. The third kappa shape index (κ3) is 4.84. The van der Waals surface area contributed by atoms with Crippen molar-refractivity contribution in [1.82, 2.24) is 10.2 Å². The minimum absolute atomic E-state index is 0.922. The van der Waals surface area contributed by atoms with Crippen LogP contribution in [-0.2, 0) is 11.5 Å². The van der Waals surface area contributed by atoms with E-state index >= 15 is 0 Å². The van der Waals surface area contributed by atoms with Crippen LogP contribution in [0.15, 0.2) is 67.7 Å². The summed E-state index contributed by atoms with van der Waals surface area (Å²) in [6.45, 7) is 0. The van der Waals surface area contributed by atoms with E-state index in [1.807, 2.05) is 6.07 Å². The van der Waals surface area contributed by atoms with Crippen LogP contribution in [0.4, 0.5) is 0 Å². The van der Waals surface area contributed by atoms with Gasteiger partial charge in [0, 0.05) is 16.0 Å². The van der Waals surface area contributed by atoms with Gasteiger partial charge in [-0.25, -0.2) is 0 Å². The Morgan fingerprint density at radius 3 is 1.91 bits per heavy atom. The molecule has 0 amide bonds. The van der Waals surface area contributed by atoms with Crippen LogP contribution in [0.2, 0.25) is 0 Å². The minimum atomic E-state index is 0.922. The highest BCUT2D eigenvalue weighted by Crippen LogP contribution is 2.32. The zero-order chi connectivity index (χ0) is 15.2. The first kappa shape index (κ1) is 16.1. The third-order valence-electron chi connectivity index (χ3n) is 2.87. The van der Waals surface area contributed by atoms with Gasteiger partial charge in [0.1, 0.15) is 0 Å². The van der Waals surface area contributed by atoms with Crippen molar-refractivity contribution in [2.45, 2.75) is 20.2 Å². The van der Waals surface area contributed by atoms with Crippen LogP contribution in [0.1, 0.15) is 11.1 Å². The lowest BCUT2D eigenvalue weighted by atomic mass is 10.2. The molecule has 0 saturated heterocycles. The zero-order valence-corrected chi connectivity index (χ0v) is 15.6. The number of thioether (sulfide) groups is 2. The highest BCUT2D eigenvalue weighted by molar-refractivity contribution is 9.10. The van der Waals surface area contributed by atoms with Crippen molar-refractivity contribution < 1.29 is 0 Å². The SMILES string of the molecule is Brc1ccc(CSc2nnc(SCc3ccccc3)s2)cc1. The first-order chi connectivity index (χ1) is 10.8. The van der Waals surface area contributed by atoms with Crippen molar-refractivity contribution in [3.8, 4) is 0 Å². The van der Waals surface area contributed by atoms with Gasteiger partial charge in [-0.05, 0) is 23.3 Å². The molecule has 0 unspecified atom stereocenters. The van der Waals surface area contributed by atoms with Gasteiger partial charge in [-0.3, -0.25) is 0 Å². The van der Waals surface area contributed by atoms with Crippen LogP contribution in [0.3, 0.4) is 0 Å². The maximum absolute atomic E-state index is 4.26. The highest BCUT2D eigenvalue weighted by atomic mass is 79.9. The molecule has 0 N–H and O–H groups in total. The van der Waals surface area contributed by atoms with Gasteiger partial charge >= 0.3 is 0 Å². The van der Waals surface area contributed by atoms with Crippen LogP contribution >= 0.6 is 50.8 Å². The molecule has 6 heteroatoms. The van der Waals surface area contributed by atoms with E-state index in [1.165, 1.54) is 11.1 Å². The molecule has 1 heterocycles. The summed E-state index contributed by atoms with van der Waals surface area (Å²) in [4.78, 5) is 0. The van der Waals surface area contributed by atoms with Crippen LogP contribution in [0.5, 0.6) is 0 Å². The summed E-state index contributed by atoms with van der Waals surface area (Å²) < 4.78 is 3.16. The minimum Gasteiger partial charge on any atom is -0.131 e. The predicted octanol–water partition coefficient (Wildman–Crippen LogP) is 5.89. The number of halogens is 1. The summed E-state index contributed by atoms with van der Waals surface area (Å²) in [7, 11) is 0. The number of aromatic nitrogens is 2. The molecule has 0 aliphatic carbocycles. The summed E-state index contributed by atoms with van der Waals surface area (Å²) in [5.74, 6) is 1.86. The van der Waals surface area contributed by atoms with E-state index in [4.69, 9.17) is 0 Å². The Kier molecular flexibility index (Phi) is 5.95. The van der Waals surface area contributed by atoms with Crippen LogP contribution in [0, 0.1) is 0 Å². The highest BCUT2D eigenvalue weighted by Gasteiger charge is 2.06. The quantitative estimate of drug-likeness (QED) is 0.475. The molecule has 0 aliphatic heterocycles. The molecular weight excluding hydrogens is 396 g/mol. The van der Waals surface area contributed by atoms with Crippen molar-refractivity contribution in [2.75, 3.05) is 0 Å². The van der Waals surface area contributed by atoms with Crippen molar-refractivity contribution in [3.05, 3.63) is 70.2 Å². The molecule has 2 nitrogen and oxygen atoms in total. The largest absolute Gasteiger partial charge is 0.175 e. The fourth-order valence-corrected chi connectivity index (χ4v) is 4.95. The Labute approximate surface area is 150 Å². The summed E-state index contributed by atoms with van der Waals surface area (Å²) >= 11 is 8.60. The topological polar surface area (TPSA) is 25.8 Å². The molecule has 0 saturated carbocycles. The molecule has 3 aromatic rings. The number of hydrogen-bond acceptors (Lipinski definition) is 5. The molecule has 0 atom stereocenters. The van der Waals surface area contributed by atoms with E-state index < -0.39 is 0 Å². The van der Waals surface area contributed by atoms with Gasteiger partial charge < -0.3 is 0 Å². The van der Waals surface area contributed by atoms with Gasteiger partial charge in [-0.15, -0.1) is 10.2 Å². The smallest absolute Gasteiger partial charge is 0.131 e. The third-order valence-corrected chi connectivity index (χ3v) is 6.73. The lowest BCUT2D eigenvalue weighted by molar-refractivity contribution is 0.954. The number of hydrogen-bond donors (Lipinski definition) is 0. The van der Waals surface area contributed by atoms with E-state index in [0.29, 0.717) is 0 Å². The monoisotopic (exact) mass is 408 g/mol. The van der Waals surface area contributed by atoms with Gasteiger partial charge in [-0.1, -0.05) is 93.3 Å². The predicted molar refractivity (Wildman–Crippen MR) is 99.6 cm³/mol. The average molecular weight is 409 g/mol. The van der Waals surface area contributed by atoms with E-state index in [1.54, 1.807) is 34.9 Å². The molecule has 0 spiro atoms. The summed E-state index contributed by atoms with van der Waals surface area (Å²) in [6, 6.07) is 18.8. The van der Waals surface area contributed by atoms with Gasteiger partial charge in [-0.2, -0.15) is 0 Å². The molecule has 0 radical (unpaired) electrons. The second kappa shape index (κ2) is 8.15. The standard InChI is InChI=1S/C16H13BrN2S3/c17-14-8-6-13(7-9-14)11-21-16-19-18-15(22-16)20-10-12-4-2-1-3-5-12/h1-9H,10-11H2. The Morgan fingerprint density at radius 2 is 1.32 bits per heavy atom. The van der Waals surface area contributed by atoms with Gasteiger partial charge in [0.25, 0.3) is 0 Å². The summed E-state index contributed by atoms with van der Waals surface area (Å²) in [6.07, 6.45) is 0. The van der Waals surface area contributed by atoms with E-state index in [-0.39, 0.29) is 0 Å². The van der Waals surface area contributed by atoms with Crippen LogP contribution in [0.25, 0.3) is 0 Å². The fourth-order valence-electron chi connectivity index (χ4n) is 1.76. The molecule has 22 heavy (non-hydrogen) atoms. The molecule has 0 bridgehead atoms. The van der Waals surface area contributed by atoms with Crippen molar-refractivity contribution in [2.24, 2.45) is 0 Å². The van der Waals surface area contributed by atoms with Gasteiger partial charge in [0.05, 0.1) is 0 Å². The van der Waals surface area contributed by atoms with Crippen molar-refractivity contribution >= 4 is 50.8 Å². The average Bonchev–Trinajstić information content (AvgIpc) is 3.01. The Bertz CT molecular complexity index is 714. The van der Waals surface area contributed by atoms with Crippen LogP contribution < -0.4 is 0 Å². The van der Waals surface area contributed by atoms with Gasteiger partial charge in [0.2, 0.25) is 0 Å². The molecule has 2 aromatic carbocycles. The van der Waals surface area contributed by atoms with Crippen molar-refractivity contribution in [1.29, 1.82) is 0 Å². The van der Waals surface area contributed by atoms with E-state index in [0.717, 1.165) is 24.7 Å². The maximum atomic E-state index is 4.26. The van der Waals surface area contributed by atoms with Gasteiger partial charge in [0.15, 0.2) is 8.68 Å². The molecule has 112 valence electrons. The zero-order valence-electron chi connectivity index (χ0n) is 11.6. The van der Waals surface area contributed by atoms with E-state index in [9.17, 15) is 0 Å². The number of rotatable bonds is 6. The van der Waals surface area contributed by atoms with Crippen molar-refractivity contribution in [3.63, 3.8) is 0 Å². The molecule has 0 fully saturated rings. The van der Waals surface area contributed by atoms with Crippen LogP contribution in [-0.4, -0.2) is 10.2 Å². The summed E-state index contributed by atoms with van der Waals surface area (Å²) in [5, 5.41) is 8.52. The Hall–Kier alpha value is -0.820. The first-order valence-electron chi connectivity index (χ1n) is 6.67. The normalized spacial score (nSPS) is 10.8. The Morgan fingerprint density at radius 1 is 0.773 bits per heavy atom. The Balaban J connectivity index is 1.51. The number of benzene rings is 2. The first-order valence-corrected chi connectivity index (χ1v) is 10.2. The molecular formula is C16H13BrN2S3. The lowest BCUT2D eigenvalue weighted by Gasteiger charge is -1.98. The maximum Gasteiger partial charge on any atom is 0.175 e. The molecule has 1 aromatic heterocycles.